The van der Waals surface area contributed by atoms with E-state index in [1.165, 1.54) is 5.56 Å². The van der Waals surface area contributed by atoms with Crippen LogP contribution in [0.5, 0.6) is 0 Å². The molecule has 0 aliphatic rings. The topological polar surface area (TPSA) is 39.1 Å². The molecule has 0 bridgehead atoms. The highest BCUT2D eigenvalue weighted by molar-refractivity contribution is 5.34. The third kappa shape index (κ3) is 4.18. The summed E-state index contributed by atoms with van der Waals surface area (Å²) in [5, 5.41) is 3.44. The van der Waals surface area contributed by atoms with E-state index in [0.29, 0.717) is 0 Å². The Morgan fingerprint density at radius 2 is 2.00 bits per heavy atom. The second kappa shape index (κ2) is 6.68. The first-order valence-electron chi connectivity index (χ1n) is 7.03. The van der Waals surface area contributed by atoms with Crippen molar-refractivity contribution in [1.82, 2.24) is 14.9 Å². The highest BCUT2D eigenvalue weighted by Crippen LogP contribution is 2.10. The maximum atomic E-state index is 5.66. The third-order valence-corrected chi connectivity index (χ3v) is 3.15. The molecule has 1 heterocycles. The van der Waals surface area contributed by atoms with E-state index >= 15 is 0 Å². The van der Waals surface area contributed by atoms with Gasteiger partial charge in [0.25, 0.3) is 0 Å². The van der Waals surface area contributed by atoms with Gasteiger partial charge < -0.3 is 14.6 Å². The van der Waals surface area contributed by atoms with Crippen LogP contribution in [-0.4, -0.2) is 28.3 Å². The molecule has 0 fully saturated rings. The molecule has 4 nitrogen and oxygen atoms in total. The molecule has 4 heteroatoms. The fraction of sp³-hybridized carbons (Fsp3) is 0.438. The average Bonchev–Trinajstić information content (AvgIpc) is 2.93. The second-order valence-corrected chi connectivity index (χ2v) is 5.43. The van der Waals surface area contributed by atoms with Crippen LogP contribution in [0.3, 0.4) is 0 Å². The van der Waals surface area contributed by atoms with Gasteiger partial charge in [0.15, 0.2) is 0 Å². The number of ether oxygens (including phenoxy) is 1. The summed E-state index contributed by atoms with van der Waals surface area (Å²) in [5.74, 6) is 0. The molecule has 20 heavy (non-hydrogen) atoms. The average molecular weight is 273 g/mol. The van der Waals surface area contributed by atoms with E-state index in [2.05, 4.69) is 48.4 Å². The van der Waals surface area contributed by atoms with Gasteiger partial charge >= 0.3 is 0 Å². The lowest BCUT2D eigenvalue weighted by molar-refractivity contribution is -0.00897. The summed E-state index contributed by atoms with van der Waals surface area (Å²) < 4.78 is 7.66. The smallest absolute Gasteiger partial charge is 0.0991 e. The Morgan fingerprint density at radius 3 is 2.60 bits per heavy atom. The van der Waals surface area contributed by atoms with Crippen molar-refractivity contribution in [3.63, 3.8) is 0 Å². The molecule has 108 valence electrons. The molecule has 0 atom stereocenters. The maximum absolute atomic E-state index is 5.66. The van der Waals surface area contributed by atoms with E-state index in [1.54, 1.807) is 12.5 Å². The summed E-state index contributed by atoms with van der Waals surface area (Å²) in [4.78, 5) is 4.05. The number of nitrogens with zero attached hydrogens (tertiary/aromatic N) is 2. The van der Waals surface area contributed by atoms with Gasteiger partial charge in [-0.15, -0.1) is 0 Å². The largest absolute Gasteiger partial charge is 0.375 e. The van der Waals surface area contributed by atoms with Crippen LogP contribution in [0.4, 0.5) is 0 Å². The van der Waals surface area contributed by atoms with E-state index in [-0.39, 0.29) is 5.60 Å². The first-order chi connectivity index (χ1) is 9.61. The Labute approximate surface area is 120 Å². The highest BCUT2D eigenvalue weighted by atomic mass is 16.5. The van der Waals surface area contributed by atoms with Crippen molar-refractivity contribution in [2.75, 3.05) is 13.2 Å². The second-order valence-electron chi connectivity index (χ2n) is 5.43. The van der Waals surface area contributed by atoms with Crippen LogP contribution in [-0.2, 0) is 11.3 Å². The molecule has 0 spiro atoms. The van der Waals surface area contributed by atoms with Gasteiger partial charge in [-0.05, 0) is 38.5 Å². The van der Waals surface area contributed by atoms with Crippen LogP contribution in [0, 0.1) is 0 Å². The predicted octanol–water partition coefficient (Wildman–Crippen LogP) is 2.78. The minimum absolute atomic E-state index is 0.120. The zero-order chi connectivity index (χ0) is 14.4. The molecule has 0 aliphatic heterocycles. The van der Waals surface area contributed by atoms with Crippen LogP contribution in [0.1, 0.15) is 26.3 Å². The minimum atomic E-state index is -0.120. The summed E-state index contributed by atoms with van der Waals surface area (Å²) in [6, 6.07) is 8.48. The van der Waals surface area contributed by atoms with Crippen LogP contribution in [0.25, 0.3) is 5.69 Å². The first kappa shape index (κ1) is 14.8. The van der Waals surface area contributed by atoms with E-state index < -0.39 is 0 Å². The van der Waals surface area contributed by atoms with E-state index in [4.69, 9.17) is 4.74 Å². The number of nitrogens with one attached hydrogen (secondary N) is 1. The van der Waals surface area contributed by atoms with Crippen molar-refractivity contribution in [3.8, 4) is 5.69 Å². The molecule has 2 aromatic rings. The first-order valence-corrected chi connectivity index (χ1v) is 7.03. The van der Waals surface area contributed by atoms with E-state index in [0.717, 1.165) is 25.4 Å². The Morgan fingerprint density at radius 1 is 1.25 bits per heavy atom. The van der Waals surface area contributed by atoms with Crippen molar-refractivity contribution in [1.29, 1.82) is 0 Å². The van der Waals surface area contributed by atoms with Crippen LogP contribution < -0.4 is 5.32 Å². The number of hydrogen-bond acceptors (Lipinski definition) is 3. The van der Waals surface area contributed by atoms with E-state index in [1.807, 2.05) is 17.7 Å². The molecule has 0 radical (unpaired) electrons. The summed E-state index contributed by atoms with van der Waals surface area (Å²) in [6.07, 6.45) is 5.53. The molecule has 1 aromatic heterocycles. The molecule has 0 amide bonds. The monoisotopic (exact) mass is 273 g/mol. The molecule has 2 rings (SSSR count). The standard InChI is InChI=1S/C16H23N3O/c1-4-20-16(2,3)12-18-11-14-5-7-15(8-6-14)19-10-9-17-13-19/h5-10,13,18H,4,11-12H2,1-3H3. The van der Waals surface area contributed by atoms with Crippen molar-refractivity contribution in [3.05, 3.63) is 48.5 Å². The van der Waals surface area contributed by atoms with Gasteiger partial charge in [-0.2, -0.15) is 0 Å². The summed E-state index contributed by atoms with van der Waals surface area (Å²) in [7, 11) is 0. The van der Waals surface area contributed by atoms with Gasteiger partial charge in [-0.3, -0.25) is 0 Å². The van der Waals surface area contributed by atoms with Crippen LogP contribution in [0.15, 0.2) is 43.0 Å². The fourth-order valence-electron chi connectivity index (χ4n) is 2.15. The molecule has 1 N–H and O–H groups in total. The van der Waals surface area contributed by atoms with Crippen LogP contribution in [0.2, 0.25) is 0 Å². The predicted molar refractivity (Wildman–Crippen MR) is 81.0 cm³/mol. The lowest BCUT2D eigenvalue weighted by atomic mass is 10.1. The summed E-state index contributed by atoms with van der Waals surface area (Å²) in [6.45, 7) is 8.66. The number of aromatic nitrogens is 2. The van der Waals surface area contributed by atoms with Crippen molar-refractivity contribution >= 4 is 0 Å². The number of imidazole rings is 1. The van der Waals surface area contributed by atoms with E-state index in [9.17, 15) is 0 Å². The summed E-state index contributed by atoms with van der Waals surface area (Å²) >= 11 is 0. The molecule has 0 saturated carbocycles. The highest BCUT2D eigenvalue weighted by Gasteiger charge is 2.16. The lowest BCUT2D eigenvalue weighted by Gasteiger charge is -2.25. The van der Waals surface area contributed by atoms with Gasteiger partial charge in [0.05, 0.1) is 11.9 Å². The van der Waals surface area contributed by atoms with Gasteiger partial charge in [-0.1, -0.05) is 12.1 Å². The molecule has 0 aliphatic carbocycles. The normalized spacial score (nSPS) is 11.8. The Bertz CT molecular complexity index is 503. The Kier molecular flexibility index (Phi) is 4.93. The molecule has 1 aromatic carbocycles. The van der Waals surface area contributed by atoms with Gasteiger partial charge in [0, 0.05) is 37.8 Å². The number of benzene rings is 1. The molecular weight excluding hydrogens is 250 g/mol. The minimum Gasteiger partial charge on any atom is -0.375 e. The maximum Gasteiger partial charge on any atom is 0.0991 e. The number of hydrogen-bond donors (Lipinski definition) is 1. The van der Waals surface area contributed by atoms with Crippen LogP contribution >= 0.6 is 0 Å². The van der Waals surface area contributed by atoms with Crippen molar-refractivity contribution < 1.29 is 4.74 Å². The third-order valence-electron chi connectivity index (χ3n) is 3.15. The SMILES string of the molecule is CCOC(C)(C)CNCc1ccc(-n2ccnc2)cc1. The van der Waals surface area contributed by atoms with Crippen molar-refractivity contribution in [2.45, 2.75) is 32.9 Å². The Hall–Kier alpha value is -1.65. The van der Waals surface area contributed by atoms with Crippen molar-refractivity contribution in [2.24, 2.45) is 0 Å². The quantitative estimate of drug-likeness (QED) is 0.843. The Balaban J connectivity index is 1.85. The van der Waals surface area contributed by atoms with Gasteiger partial charge in [0.1, 0.15) is 0 Å². The zero-order valence-electron chi connectivity index (χ0n) is 12.5. The van der Waals surface area contributed by atoms with Gasteiger partial charge in [0.2, 0.25) is 0 Å². The molecule has 0 saturated heterocycles. The number of rotatable bonds is 7. The zero-order valence-corrected chi connectivity index (χ0v) is 12.5. The fourth-order valence-corrected chi connectivity index (χ4v) is 2.15. The van der Waals surface area contributed by atoms with Gasteiger partial charge in [-0.25, -0.2) is 4.98 Å². The lowest BCUT2D eigenvalue weighted by Crippen LogP contribution is -2.37. The molecule has 0 unspecified atom stereocenters. The summed E-state index contributed by atoms with van der Waals surface area (Å²) in [5.41, 5.74) is 2.27. The molecular formula is C16H23N3O.